The number of para-hydroxylation sites is 1. The van der Waals surface area contributed by atoms with Crippen molar-refractivity contribution < 1.29 is 0 Å². The van der Waals surface area contributed by atoms with Crippen molar-refractivity contribution in [2.24, 2.45) is 0 Å². The maximum Gasteiger partial charge on any atom is 0.159 e. The highest BCUT2D eigenvalue weighted by atomic mass is 15.0. The number of aryl methyl sites for hydroxylation is 3. The van der Waals surface area contributed by atoms with E-state index in [9.17, 15) is 5.26 Å². The zero-order chi connectivity index (χ0) is 26.4. The van der Waals surface area contributed by atoms with Crippen LogP contribution >= 0.6 is 0 Å². The lowest BCUT2D eigenvalue weighted by atomic mass is 9.93. The van der Waals surface area contributed by atoms with Crippen LogP contribution < -0.4 is 0 Å². The number of nitriles is 2. The van der Waals surface area contributed by atoms with Gasteiger partial charge in [0.25, 0.3) is 0 Å². The van der Waals surface area contributed by atoms with E-state index in [1.54, 1.807) is 0 Å². The van der Waals surface area contributed by atoms with Crippen LogP contribution in [-0.4, -0.2) is 14.5 Å². The van der Waals surface area contributed by atoms with E-state index in [0.717, 1.165) is 38.6 Å². The van der Waals surface area contributed by atoms with Gasteiger partial charge in [-0.1, -0.05) is 48.0 Å². The smallest absolute Gasteiger partial charge is 0.159 e. The summed E-state index contributed by atoms with van der Waals surface area (Å²) in [6, 6.07) is 29.5. The first-order valence-electron chi connectivity index (χ1n) is 12.4. The Balaban J connectivity index is 1.60. The maximum absolute atomic E-state index is 10.2. The van der Waals surface area contributed by atoms with Gasteiger partial charge in [0.15, 0.2) is 5.82 Å². The van der Waals surface area contributed by atoms with Gasteiger partial charge in [-0.15, -0.1) is 0 Å². The van der Waals surface area contributed by atoms with Crippen LogP contribution in [0.5, 0.6) is 0 Å². The van der Waals surface area contributed by atoms with E-state index in [-0.39, 0.29) is 0 Å². The van der Waals surface area contributed by atoms with Gasteiger partial charge in [-0.2, -0.15) is 10.5 Å². The van der Waals surface area contributed by atoms with Crippen LogP contribution in [0.25, 0.3) is 50.0 Å². The van der Waals surface area contributed by atoms with Crippen LogP contribution in [0.1, 0.15) is 27.8 Å². The quantitative estimate of drug-likeness (QED) is 0.257. The van der Waals surface area contributed by atoms with Crippen molar-refractivity contribution in [3.63, 3.8) is 0 Å². The molecule has 0 aliphatic rings. The molecular weight excluding hydrogens is 466 g/mol. The summed E-state index contributed by atoms with van der Waals surface area (Å²) >= 11 is 0. The molecule has 0 N–H and O–H groups in total. The molecule has 38 heavy (non-hydrogen) atoms. The van der Waals surface area contributed by atoms with Crippen molar-refractivity contribution in [2.75, 3.05) is 0 Å². The summed E-state index contributed by atoms with van der Waals surface area (Å²) in [7, 11) is 0. The first kappa shape index (κ1) is 23.2. The molecular formula is C33H23N5. The average Bonchev–Trinajstić information content (AvgIpc) is 3.25. The predicted molar refractivity (Wildman–Crippen MR) is 151 cm³/mol. The van der Waals surface area contributed by atoms with Crippen molar-refractivity contribution in [3.8, 4) is 40.3 Å². The summed E-state index contributed by atoms with van der Waals surface area (Å²) in [6.45, 7) is 6.44. The molecule has 0 amide bonds. The van der Waals surface area contributed by atoms with E-state index in [1.165, 1.54) is 34.6 Å². The highest BCUT2D eigenvalue weighted by Gasteiger charge is 2.17. The van der Waals surface area contributed by atoms with Crippen LogP contribution in [-0.2, 0) is 0 Å². The summed E-state index contributed by atoms with van der Waals surface area (Å²) in [6.07, 6.45) is 2.98. The van der Waals surface area contributed by atoms with Crippen molar-refractivity contribution in [1.82, 2.24) is 14.5 Å². The minimum absolute atomic E-state index is 0.394. The predicted octanol–water partition coefficient (Wildman–Crippen LogP) is 7.58. The number of aromatic nitrogens is 3. The lowest BCUT2D eigenvalue weighted by Gasteiger charge is -2.14. The second kappa shape index (κ2) is 9.00. The molecule has 0 fully saturated rings. The molecule has 0 unspecified atom stereocenters. The molecule has 2 aromatic heterocycles. The van der Waals surface area contributed by atoms with Crippen molar-refractivity contribution in [1.29, 1.82) is 10.5 Å². The number of nitrogens with zero attached hydrogens (tertiary/aromatic N) is 5. The SMILES string of the molecule is Cc1cc(C)c(-c2ccc3c4ccccc4n(-c4ccc(-c5ncc(C#N)cn5)cc4C#N)c3c2)c(C)c1. The van der Waals surface area contributed by atoms with Gasteiger partial charge in [0.1, 0.15) is 12.1 Å². The number of hydrogen-bond donors (Lipinski definition) is 0. The first-order chi connectivity index (χ1) is 18.5. The van der Waals surface area contributed by atoms with Gasteiger partial charge in [0.05, 0.1) is 27.8 Å². The van der Waals surface area contributed by atoms with E-state index in [2.05, 4.69) is 83.8 Å². The van der Waals surface area contributed by atoms with E-state index in [4.69, 9.17) is 5.26 Å². The third-order valence-corrected chi connectivity index (χ3v) is 7.04. The van der Waals surface area contributed by atoms with E-state index in [1.807, 2.05) is 36.4 Å². The Hall–Kier alpha value is -5.26. The van der Waals surface area contributed by atoms with Crippen LogP contribution in [0, 0.1) is 43.4 Å². The molecule has 0 spiro atoms. The Morgan fingerprint density at radius 2 is 1.37 bits per heavy atom. The fourth-order valence-corrected chi connectivity index (χ4v) is 5.52. The molecule has 5 heteroatoms. The molecule has 0 bridgehead atoms. The Labute approximate surface area is 220 Å². The Morgan fingerprint density at radius 1 is 0.684 bits per heavy atom. The van der Waals surface area contributed by atoms with Gasteiger partial charge in [-0.05, 0) is 73.4 Å². The van der Waals surface area contributed by atoms with Crippen LogP contribution in [0.4, 0.5) is 0 Å². The average molecular weight is 490 g/mol. The lowest BCUT2D eigenvalue weighted by Crippen LogP contribution is -1.99. The van der Waals surface area contributed by atoms with Crippen LogP contribution in [0.3, 0.4) is 0 Å². The van der Waals surface area contributed by atoms with Gasteiger partial charge in [0, 0.05) is 28.7 Å². The van der Waals surface area contributed by atoms with Crippen molar-refractivity contribution in [3.05, 3.63) is 113 Å². The number of rotatable bonds is 3. The molecule has 0 saturated carbocycles. The molecule has 0 radical (unpaired) electrons. The Bertz CT molecular complexity index is 1940. The lowest BCUT2D eigenvalue weighted by molar-refractivity contribution is 1.14. The molecule has 6 rings (SSSR count). The monoisotopic (exact) mass is 489 g/mol. The molecule has 0 aliphatic carbocycles. The largest absolute Gasteiger partial charge is 0.308 e. The second-order valence-electron chi connectivity index (χ2n) is 9.61. The molecule has 0 atom stereocenters. The summed E-state index contributed by atoms with van der Waals surface area (Å²) in [4.78, 5) is 8.61. The van der Waals surface area contributed by atoms with E-state index >= 15 is 0 Å². The molecule has 6 aromatic rings. The summed E-state index contributed by atoms with van der Waals surface area (Å²) in [5.74, 6) is 0.474. The third-order valence-electron chi connectivity index (χ3n) is 7.04. The fraction of sp³-hybridized carbons (Fsp3) is 0.0909. The van der Waals surface area contributed by atoms with Gasteiger partial charge in [0.2, 0.25) is 0 Å². The van der Waals surface area contributed by atoms with Crippen molar-refractivity contribution >= 4 is 21.8 Å². The topological polar surface area (TPSA) is 78.3 Å². The van der Waals surface area contributed by atoms with E-state index in [0.29, 0.717) is 17.0 Å². The molecule has 4 aromatic carbocycles. The summed E-state index contributed by atoms with van der Waals surface area (Å²) in [5.41, 5.74) is 10.6. The van der Waals surface area contributed by atoms with Crippen LogP contribution in [0.2, 0.25) is 0 Å². The highest BCUT2D eigenvalue weighted by molar-refractivity contribution is 6.10. The van der Waals surface area contributed by atoms with Gasteiger partial charge in [-0.3, -0.25) is 0 Å². The number of hydrogen-bond acceptors (Lipinski definition) is 4. The van der Waals surface area contributed by atoms with Crippen LogP contribution in [0.15, 0.2) is 85.2 Å². The fourth-order valence-electron chi connectivity index (χ4n) is 5.52. The zero-order valence-electron chi connectivity index (χ0n) is 21.3. The maximum atomic E-state index is 10.2. The van der Waals surface area contributed by atoms with Gasteiger partial charge >= 0.3 is 0 Å². The standard InChI is InChI=1S/C33H23N5/c1-20-12-21(2)32(22(3)13-20)24-8-10-28-27-6-4-5-7-30(27)38(31(28)15-24)29-11-9-25(14-26(29)17-35)33-36-18-23(16-34)19-37-33/h4-15,18-19H,1-3H3. The minimum Gasteiger partial charge on any atom is -0.308 e. The highest BCUT2D eigenvalue weighted by Crippen LogP contribution is 2.37. The molecule has 0 saturated heterocycles. The Kier molecular flexibility index (Phi) is 5.48. The number of fused-ring (bicyclic) bond motifs is 3. The second-order valence-corrected chi connectivity index (χ2v) is 9.61. The Morgan fingerprint density at radius 3 is 2.08 bits per heavy atom. The minimum atomic E-state index is 0.394. The van der Waals surface area contributed by atoms with Gasteiger partial charge in [-0.25, -0.2) is 9.97 Å². The summed E-state index contributed by atoms with van der Waals surface area (Å²) in [5, 5.41) is 21.5. The summed E-state index contributed by atoms with van der Waals surface area (Å²) < 4.78 is 2.18. The van der Waals surface area contributed by atoms with Gasteiger partial charge < -0.3 is 4.57 Å². The first-order valence-corrected chi connectivity index (χ1v) is 12.4. The number of benzene rings is 4. The third kappa shape index (κ3) is 3.70. The normalized spacial score (nSPS) is 11.0. The molecule has 2 heterocycles. The molecule has 0 aliphatic heterocycles. The molecule has 180 valence electrons. The van der Waals surface area contributed by atoms with E-state index < -0.39 is 0 Å². The zero-order valence-corrected chi connectivity index (χ0v) is 21.3. The van der Waals surface area contributed by atoms with Crippen molar-refractivity contribution in [2.45, 2.75) is 20.8 Å². The molecule has 5 nitrogen and oxygen atoms in total.